The maximum Gasteiger partial charge on any atom is 0.293 e. The number of hydrogen-bond donors (Lipinski definition) is 2. The van der Waals surface area contributed by atoms with E-state index in [2.05, 4.69) is 15.5 Å². The number of aromatic nitrogens is 2. The number of aromatic amines is 1. The average Bonchev–Trinajstić information content (AvgIpc) is 2.95. The lowest BCUT2D eigenvalue weighted by atomic mass is 10.1. The number of fused-ring (bicyclic) bond motifs is 1. The molecule has 2 aromatic carbocycles. The number of nitriles is 1. The molecule has 0 amide bonds. The van der Waals surface area contributed by atoms with E-state index in [0.717, 1.165) is 10.9 Å². The molecule has 0 spiro atoms. The van der Waals surface area contributed by atoms with E-state index in [4.69, 9.17) is 5.26 Å². The number of nitro groups is 1. The second kappa shape index (κ2) is 4.94. The summed E-state index contributed by atoms with van der Waals surface area (Å²) in [5.41, 5.74) is 2.03. The van der Waals surface area contributed by atoms with Crippen LogP contribution in [0.5, 0.6) is 0 Å². The van der Waals surface area contributed by atoms with Crippen LogP contribution in [-0.4, -0.2) is 15.1 Å². The third kappa shape index (κ3) is 2.37. The van der Waals surface area contributed by atoms with E-state index in [0.29, 0.717) is 11.4 Å². The van der Waals surface area contributed by atoms with E-state index >= 15 is 0 Å². The number of nitrogens with one attached hydrogen (secondary N) is 2. The Morgan fingerprint density at radius 1 is 1.29 bits per heavy atom. The van der Waals surface area contributed by atoms with Gasteiger partial charge in [-0.25, -0.2) is 0 Å². The van der Waals surface area contributed by atoms with Crippen molar-refractivity contribution in [3.8, 4) is 6.07 Å². The standard InChI is InChI=1S/C14H9N5O2/c15-7-9-1-3-13(14(5-9)19(20)21)17-11-2-4-12-10(6-11)8-16-18-12/h1-6,8,17H,(H,16,18). The summed E-state index contributed by atoms with van der Waals surface area (Å²) in [5.74, 6) is 0. The number of hydrogen-bond acceptors (Lipinski definition) is 5. The van der Waals surface area contributed by atoms with Crippen LogP contribution in [0.4, 0.5) is 17.1 Å². The van der Waals surface area contributed by atoms with Crippen molar-refractivity contribution in [3.63, 3.8) is 0 Å². The van der Waals surface area contributed by atoms with Gasteiger partial charge in [0.25, 0.3) is 5.69 Å². The van der Waals surface area contributed by atoms with E-state index in [-0.39, 0.29) is 11.3 Å². The van der Waals surface area contributed by atoms with Gasteiger partial charge in [-0.1, -0.05) is 0 Å². The van der Waals surface area contributed by atoms with Gasteiger partial charge in [0.1, 0.15) is 5.69 Å². The maximum atomic E-state index is 11.1. The van der Waals surface area contributed by atoms with Crippen LogP contribution in [-0.2, 0) is 0 Å². The molecule has 2 N–H and O–H groups in total. The Morgan fingerprint density at radius 3 is 2.90 bits per heavy atom. The molecule has 7 heteroatoms. The normalized spacial score (nSPS) is 10.2. The van der Waals surface area contributed by atoms with Crippen molar-refractivity contribution in [2.24, 2.45) is 0 Å². The second-order valence-corrected chi connectivity index (χ2v) is 4.40. The summed E-state index contributed by atoms with van der Waals surface area (Å²) in [7, 11) is 0. The fourth-order valence-corrected chi connectivity index (χ4v) is 2.03. The first-order valence-electron chi connectivity index (χ1n) is 6.06. The van der Waals surface area contributed by atoms with E-state index in [1.54, 1.807) is 12.3 Å². The smallest absolute Gasteiger partial charge is 0.293 e. The summed E-state index contributed by atoms with van der Waals surface area (Å²) in [5, 5.41) is 30.6. The highest BCUT2D eigenvalue weighted by atomic mass is 16.6. The van der Waals surface area contributed by atoms with Gasteiger partial charge in [-0.05, 0) is 30.3 Å². The zero-order valence-electron chi connectivity index (χ0n) is 10.7. The van der Waals surface area contributed by atoms with Gasteiger partial charge in [0.15, 0.2) is 0 Å². The first-order valence-corrected chi connectivity index (χ1v) is 6.06. The number of benzene rings is 2. The van der Waals surface area contributed by atoms with Crippen LogP contribution in [0.15, 0.2) is 42.6 Å². The average molecular weight is 279 g/mol. The second-order valence-electron chi connectivity index (χ2n) is 4.40. The highest BCUT2D eigenvalue weighted by Crippen LogP contribution is 2.29. The summed E-state index contributed by atoms with van der Waals surface area (Å²) in [6.45, 7) is 0. The molecule has 0 aliphatic rings. The molecule has 0 atom stereocenters. The number of H-pyrrole nitrogens is 1. The number of nitrogens with zero attached hydrogens (tertiary/aromatic N) is 3. The summed E-state index contributed by atoms with van der Waals surface area (Å²) >= 11 is 0. The first kappa shape index (κ1) is 12.6. The van der Waals surface area contributed by atoms with E-state index < -0.39 is 4.92 Å². The lowest BCUT2D eigenvalue weighted by Gasteiger charge is -2.07. The molecule has 0 bridgehead atoms. The van der Waals surface area contributed by atoms with E-state index in [1.165, 1.54) is 18.2 Å². The minimum Gasteiger partial charge on any atom is -0.350 e. The third-order valence-corrected chi connectivity index (χ3v) is 3.04. The van der Waals surface area contributed by atoms with Crippen LogP contribution < -0.4 is 5.32 Å². The molecule has 0 radical (unpaired) electrons. The Kier molecular flexibility index (Phi) is 2.97. The third-order valence-electron chi connectivity index (χ3n) is 3.04. The largest absolute Gasteiger partial charge is 0.350 e. The number of nitro benzene ring substituents is 1. The van der Waals surface area contributed by atoms with Crippen LogP contribution in [0, 0.1) is 21.4 Å². The molecule has 3 rings (SSSR count). The Balaban J connectivity index is 2.00. The quantitative estimate of drug-likeness (QED) is 0.565. The van der Waals surface area contributed by atoms with Gasteiger partial charge >= 0.3 is 0 Å². The van der Waals surface area contributed by atoms with Crippen molar-refractivity contribution in [1.29, 1.82) is 5.26 Å². The van der Waals surface area contributed by atoms with Crippen LogP contribution in [0.3, 0.4) is 0 Å². The highest BCUT2D eigenvalue weighted by Gasteiger charge is 2.15. The minimum atomic E-state index is -0.514. The van der Waals surface area contributed by atoms with E-state index in [9.17, 15) is 10.1 Å². The molecular formula is C14H9N5O2. The highest BCUT2D eigenvalue weighted by molar-refractivity contribution is 5.83. The van der Waals surface area contributed by atoms with Gasteiger partial charge in [-0.15, -0.1) is 0 Å². The fraction of sp³-hybridized carbons (Fsp3) is 0. The first-order chi connectivity index (χ1) is 10.2. The molecule has 0 aliphatic heterocycles. The molecule has 3 aromatic rings. The topological polar surface area (TPSA) is 108 Å². The van der Waals surface area contributed by atoms with Gasteiger partial charge in [-0.3, -0.25) is 15.2 Å². The van der Waals surface area contributed by atoms with E-state index in [1.807, 2.05) is 18.2 Å². The monoisotopic (exact) mass is 279 g/mol. The Labute approximate surface area is 119 Å². The van der Waals surface area contributed by atoms with Crippen LogP contribution >= 0.6 is 0 Å². The van der Waals surface area contributed by atoms with Gasteiger partial charge < -0.3 is 5.32 Å². The predicted octanol–water partition coefficient (Wildman–Crippen LogP) is 3.09. The molecule has 1 heterocycles. The van der Waals surface area contributed by atoms with Crippen molar-refractivity contribution in [3.05, 3.63) is 58.3 Å². The van der Waals surface area contributed by atoms with Crippen LogP contribution in [0.25, 0.3) is 10.9 Å². The molecule has 0 unspecified atom stereocenters. The van der Waals surface area contributed by atoms with Crippen molar-refractivity contribution in [1.82, 2.24) is 10.2 Å². The molecule has 0 saturated carbocycles. The van der Waals surface area contributed by atoms with Crippen LogP contribution in [0.1, 0.15) is 5.56 Å². The molecule has 0 fully saturated rings. The van der Waals surface area contributed by atoms with Gasteiger partial charge in [0, 0.05) is 17.1 Å². The SMILES string of the molecule is N#Cc1ccc(Nc2ccc3[nH]ncc3c2)c([N+](=O)[O-])c1. The van der Waals surface area contributed by atoms with Gasteiger partial charge in [0.05, 0.1) is 28.3 Å². The molecular weight excluding hydrogens is 270 g/mol. The van der Waals surface area contributed by atoms with Crippen molar-refractivity contribution in [2.75, 3.05) is 5.32 Å². The maximum absolute atomic E-state index is 11.1. The molecule has 21 heavy (non-hydrogen) atoms. The number of anilines is 2. The lowest BCUT2D eigenvalue weighted by Crippen LogP contribution is -1.97. The summed E-state index contributed by atoms with van der Waals surface area (Å²) in [6, 6.07) is 11.7. The summed E-state index contributed by atoms with van der Waals surface area (Å²) < 4.78 is 0. The van der Waals surface area contributed by atoms with Crippen molar-refractivity contribution in [2.45, 2.75) is 0 Å². The molecule has 7 nitrogen and oxygen atoms in total. The fourth-order valence-electron chi connectivity index (χ4n) is 2.03. The predicted molar refractivity (Wildman–Crippen MR) is 77.2 cm³/mol. The van der Waals surface area contributed by atoms with Crippen LogP contribution in [0.2, 0.25) is 0 Å². The Morgan fingerprint density at radius 2 is 2.14 bits per heavy atom. The number of rotatable bonds is 3. The van der Waals surface area contributed by atoms with Gasteiger partial charge in [0.2, 0.25) is 0 Å². The lowest BCUT2D eigenvalue weighted by molar-refractivity contribution is -0.383. The molecule has 0 saturated heterocycles. The molecule has 102 valence electrons. The zero-order valence-corrected chi connectivity index (χ0v) is 10.7. The Hall–Kier alpha value is -3.40. The molecule has 1 aromatic heterocycles. The van der Waals surface area contributed by atoms with Gasteiger partial charge in [-0.2, -0.15) is 10.4 Å². The van der Waals surface area contributed by atoms with Crippen molar-refractivity contribution >= 4 is 28.0 Å². The molecule has 0 aliphatic carbocycles. The van der Waals surface area contributed by atoms with Crippen molar-refractivity contribution < 1.29 is 4.92 Å². The summed E-state index contributed by atoms with van der Waals surface area (Å²) in [4.78, 5) is 10.6. The zero-order chi connectivity index (χ0) is 14.8. The minimum absolute atomic E-state index is 0.138. The summed E-state index contributed by atoms with van der Waals surface area (Å²) in [6.07, 6.45) is 1.67. The Bertz CT molecular complexity index is 878.